The molecule has 9 heteroatoms. The van der Waals surface area contributed by atoms with Gasteiger partial charge in [0.15, 0.2) is 5.84 Å². The van der Waals surface area contributed by atoms with Crippen LogP contribution in [0.25, 0.3) is 0 Å². The predicted octanol–water partition coefficient (Wildman–Crippen LogP) is 0.189. The molecule has 1 saturated carbocycles. The average Bonchev–Trinajstić information content (AvgIpc) is 2.36. The van der Waals surface area contributed by atoms with Gasteiger partial charge < -0.3 is 16.3 Å². The molecular weight excluding hydrogens is 296 g/mol. The van der Waals surface area contributed by atoms with Gasteiger partial charge in [0.1, 0.15) is 5.41 Å². The minimum atomic E-state index is -3.85. The number of nitrogens with two attached hydrogens (primary N) is 2. The van der Waals surface area contributed by atoms with Crippen molar-refractivity contribution in [2.24, 2.45) is 21.4 Å². The summed E-state index contributed by atoms with van der Waals surface area (Å²) < 4.78 is 22.6. The van der Waals surface area contributed by atoms with Gasteiger partial charge in [-0.3, -0.25) is 4.79 Å². The molecular formula is C12H16N4O4S. The average molecular weight is 312 g/mol. The molecule has 6 N–H and O–H groups in total. The van der Waals surface area contributed by atoms with Crippen LogP contribution in [0.1, 0.15) is 19.3 Å². The molecule has 1 aromatic carbocycles. The number of hydrogen-bond acceptors (Lipinski definition) is 5. The molecule has 1 aliphatic rings. The Labute approximate surface area is 121 Å². The number of carbonyl (C=O) groups excluding carboxylic acids is 1. The van der Waals surface area contributed by atoms with E-state index < -0.39 is 21.3 Å². The van der Waals surface area contributed by atoms with Crippen LogP contribution < -0.4 is 16.2 Å². The van der Waals surface area contributed by atoms with Crippen molar-refractivity contribution in [3.8, 4) is 0 Å². The maximum absolute atomic E-state index is 12.3. The fourth-order valence-electron chi connectivity index (χ4n) is 2.23. The molecule has 0 aromatic heterocycles. The molecule has 0 unspecified atom stereocenters. The van der Waals surface area contributed by atoms with Crippen LogP contribution in [0.4, 0.5) is 5.69 Å². The quantitative estimate of drug-likeness (QED) is 0.271. The molecule has 1 fully saturated rings. The van der Waals surface area contributed by atoms with E-state index >= 15 is 0 Å². The SMILES string of the molecule is N/C(=N/O)C1(C(=O)Nc2cccc(S(N)(=O)=O)c2)CCC1. The molecule has 0 heterocycles. The van der Waals surface area contributed by atoms with Crippen LogP contribution >= 0.6 is 0 Å². The van der Waals surface area contributed by atoms with Crippen molar-refractivity contribution in [3.05, 3.63) is 24.3 Å². The number of amides is 1. The van der Waals surface area contributed by atoms with Crippen LogP contribution in [-0.4, -0.2) is 25.4 Å². The second-order valence-electron chi connectivity index (χ2n) is 4.95. The normalized spacial score (nSPS) is 17.9. The standard InChI is InChI=1S/C12H16N4O4S/c13-10(16-18)12(5-2-6-12)11(17)15-8-3-1-4-9(7-8)21(14,19)20/h1,3-4,7,18H,2,5-6H2,(H2,13,16)(H,15,17)(H2,14,19,20). The lowest BCUT2D eigenvalue weighted by Crippen LogP contribution is -2.51. The molecule has 8 nitrogen and oxygen atoms in total. The van der Waals surface area contributed by atoms with E-state index in [-0.39, 0.29) is 16.4 Å². The van der Waals surface area contributed by atoms with Crippen molar-refractivity contribution in [1.82, 2.24) is 0 Å². The van der Waals surface area contributed by atoms with Gasteiger partial charge in [0.05, 0.1) is 4.90 Å². The number of amidine groups is 1. The number of anilines is 1. The van der Waals surface area contributed by atoms with Gasteiger partial charge in [-0.15, -0.1) is 0 Å². The van der Waals surface area contributed by atoms with E-state index in [0.29, 0.717) is 12.8 Å². The first kappa shape index (κ1) is 15.3. The first-order chi connectivity index (χ1) is 9.79. The van der Waals surface area contributed by atoms with Crippen molar-refractivity contribution in [3.63, 3.8) is 0 Å². The highest BCUT2D eigenvalue weighted by Crippen LogP contribution is 2.42. The monoisotopic (exact) mass is 312 g/mol. The lowest BCUT2D eigenvalue weighted by molar-refractivity contribution is -0.125. The van der Waals surface area contributed by atoms with Gasteiger partial charge in [0.25, 0.3) is 0 Å². The minimum absolute atomic E-state index is 0.105. The third-order valence-corrected chi connectivity index (χ3v) is 4.57. The molecule has 0 saturated heterocycles. The molecule has 0 radical (unpaired) electrons. The Morgan fingerprint density at radius 3 is 2.52 bits per heavy atom. The van der Waals surface area contributed by atoms with Crippen molar-refractivity contribution in [2.75, 3.05) is 5.32 Å². The van der Waals surface area contributed by atoms with Crippen LogP contribution in [0, 0.1) is 5.41 Å². The van der Waals surface area contributed by atoms with Crippen molar-refractivity contribution >= 4 is 27.5 Å². The summed E-state index contributed by atoms with van der Waals surface area (Å²) in [6, 6.07) is 5.58. The summed E-state index contributed by atoms with van der Waals surface area (Å²) in [5.41, 5.74) is 4.84. The lowest BCUT2D eigenvalue weighted by atomic mass is 9.67. The van der Waals surface area contributed by atoms with Gasteiger partial charge in [-0.05, 0) is 31.0 Å². The first-order valence-corrected chi connectivity index (χ1v) is 7.76. The first-order valence-electron chi connectivity index (χ1n) is 6.22. The van der Waals surface area contributed by atoms with Crippen LogP contribution in [-0.2, 0) is 14.8 Å². The Balaban J connectivity index is 2.24. The van der Waals surface area contributed by atoms with E-state index in [1.165, 1.54) is 24.3 Å². The van der Waals surface area contributed by atoms with Crippen LogP contribution in [0.2, 0.25) is 0 Å². The molecule has 1 amide bonds. The van der Waals surface area contributed by atoms with E-state index in [2.05, 4.69) is 10.5 Å². The minimum Gasteiger partial charge on any atom is -0.409 e. The molecule has 0 bridgehead atoms. The van der Waals surface area contributed by atoms with Crippen LogP contribution in [0.5, 0.6) is 0 Å². The number of carbonyl (C=O) groups is 1. The lowest BCUT2D eigenvalue weighted by Gasteiger charge is -2.38. The summed E-state index contributed by atoms with van der Waals surface area (Å²) >= 11 is 0. The summed E-state index contributed by atoms with van der Waals surface area (Å²) in [6.07, 6.45) is 1.74. The fraction of sp³-hybridized carbons (Fsp3) is 0.333. The second kappa shape index (κ2) is 5.34. The summed E-state index contributed by atoms with van der Waals surface area (Å²) in [5, 5.41) is 19.3. The molecule has 1 aromatic rings. The molecule has 114 valence electrons. The second-order valence-corrected chi connectivity index (χ2v) is 6.51. The third kappa shape index (κ3) is 2.83. The number of nitrogens with one attached hydrogen (secondary N) is 1. The zero-order valence-electron chi connectivity index (χ0n) is 11.1. The Bertz CT molecular complexity index is 695. The highest BCUT2D eigenvalue weighted by Gasteiger charge is 2.48. The van der Waals surface area contributed by atoms with E-state index in [9.17, 15) is 13.2 Å². The molecule has 0 aliphatic heterocycles. The Hall–Kier alpha value is -2.13. The topological polar surface area (TPSA) is 148 Å². The van der Waals surface area contributed by atoms with Gasteiger partial charge in [-0.25, -0.2) is 13.6 Å². The smallest absolute Gasteiger partial charge is 0.238 e. The number of primary sulfonamides is 1. The fourth-order valence-corrected chi connectivity index (χ4v) is 2.79. The number of sulfonamides is 1. The third-order valence-electron chi connectivity index (χ3n) is 3.66. The van der Waals surface area contributed by atoms with Gasteiger partial charge in [0, 0.05) is 5.69 Å². The van der Waals surface area contributed by atoms with E-state index in [4.69, 9.17) is 16.1 Å². The van der Waals surface area contributed by atoms with Crippen LogP contribution in [0.15, 0.2) is 34.3 Å². The largest absolute Gasteiger partial charge is 0.409 e. The maximum atomic E-state index is 12.3. The van der Waals surface area contributed by atoms with Gasteiger partial charge in [-0.1, -0.05) is 17.6 Å². The molecule has 2 rings (SSSR count). The summed E-state index contributed by atoms with van der Waals surface area (Å²) in [4.78, 5) is 12.2. The van der Waals surface area contributed by atoms with Gasteiger partial charge in [-0.2, -0.15) is 0 Å². The maximum Gasteiger partial charge on any atom is 0.238 e. The molecule has 21 heavy (non-hydrogen) atoms. The number of hydrogen-bond donors (Lipinski definition) is 4. The zero-order valence-corrected chi connectivity index (χ0v) is 11.9. The number of rotatable bonds is 4. The number of oxime groups is 1. The Kier molecular flexibility index (Phi) is 3.88. The summed E-state index contributed by atoms with van der Waals surface area (Å²) in [7, 11) is -3.85. The zero-order chi connectivity index (χ0) is 15.7. The highest BCUT2D eigenvalue weighted by atomic mass is 32.2. The van der Waals surface area contributed by atoms with E-state index in [1.807, 2.05) is 0 Å². The molecule has 0 atom stereocenters. The van der Waals surface area contributed by atoms with Gasteiger partial charge in [0.2, 0.25) is 15.9 Å². The van der Waals surface area contributed by atoms with Crippen molar-refractivity contribution in [1.29, 1.82) is 0 Å². The van der Waals surface area contributed by atoms with E-state index in [1.54, 1.807) is 0 Å². The summed E-state index contributed by atoms with van der Waals surface area (Å²) in [5.74, 6) is -0.579. The number of nitrogens with zero attached hydrogens (tertiary/aromatic N) is 1. The Morgan fingerprint density at radius 2 is 2.05 bits per heavy atom. The molecule has 0 spiro atoms. The van der Waals surface area contributed by atoms with Crippen molar-refractivity contribution < 1.29 is 18.4 Å². The Morgan fingerprint density at radius 1 is 1.38 bits per heavy atom. The van der Waals surface area contributed by atoms with Gasteiger partial charge >= 0.3 is 0 Å². The molecule has 1 aliphatic carbocycles. The van der Waals surface area contributed by atoms with Crippen LogP contribution in [0.3, 0.4) is 0 Å². The predicted molar refractivity (Wildman–Crippen MR) is 76.1 cm³/mol. The van der Waals surface area contributed by atoms with Crippen molar-refractivity contribution in [2.45, 2.75) is 24.2 Å². The summed E-state index contributed by atoms with van der Waals surface area (Å²) in [6.45, 7) is 0. The number of benzene rings is 1. The highest BCUT2D eigenvalue weighted by molar-refractivity contribution is 7.89. The van der Waals surface area contributed by atoms with E-state index in [0.717, 1.165) is 6.42 Å².